The lowest BCUT2D eigenvalue weighted by atomic mass is 9.85. The number of halogens is 4. The van der Waals surface area contributed by atoms with E-state index in [0.29, 0.717) is 0 Å². The number of fused-ring (bicyclic) bond motifs is 1. The van der Waals surface area contributed by atoms with Crippen LogP contribution in [-0.4, -0.2) is 49.7 Å². The van der Waals surface area contributed by atoms with Gasteiger partial charge in [-0.1, -0.05) is 27.7 Å². The highest BCUT2D eigenvalue weighted by Gasteiger charge is 2.59. The van der Waals surface area contributed by atoms with Gasteiger partial charge in [-0.15, -0.1) is 0 Å². The number of hydrogen-bond donors (Lipinski definition) is 2. The summed E-state index contributed by atoms with van der Waals surface area (Å²) in [5.41, 5.74) is 3.15. The van der Waals surface area contributed by atoms with Crippen molar-refractivity contribution in [2.24, 2.45) is 11.8 Å². The number of hydrogen-bond acceptors (Lipinski definition) is 8. The molecular formula is C17H23F4N5O5P-. The van der Waals surface area contributed by atoms with Gasteiger partial charge in [-0.25, -0.2) is 9.37 Å². The Hall–Kier alpha value is -2.02. The number of nitrogens with two attached hydrogens (primary N) is 1. The van der Waals surface area contributed by atoms with Crippen molar-refractivity contribution in [3.05, 3.63) is 16.7 Å². The van der Waals surface area contributed by atoms with Crippen LogP contribution in [0.1, 0.15) is 33.9 Å². The molecule has 0 aromatic carbocycles. The zero-order valence-corrected chi connectivity index (χ0v) is 18.4. The number of nitrogen functional groups attached to an aromatic ring is 1. The Labute approximate surface area is 179 Å². The van der Waals surface area contributed by atoms with Crippen LogP contribution in [0.5, 0.6) is 0 Å². The minimum Gasteiger partial charge on any atom is -0.778 e. The molecule has 6 unspecified atom stereocenters. The Kier molecular flexibility index (Phi) is 6.46. The van der Waals surface area contributed by atoms with Gasteiger partial charge in [0.25, 0.3) is 5.56 Å². The van der Waals surface area contributed by atoms with Gasteiger partial charge < -0.3 is 24.5 Å². The van der Waals surface area contributed by atoms with Crippen molar-refractivity contribution in [2.75, 3.05) is 5.73 Å². The zero-order chi connectivity index (χ0) is 24.2. The zero-order valence-electron chi connectivity index (χ0n) is 17.5. The number of aromatic amines is 1. The highest BCUT2D eigenvalue weighted by atomic mass is 31.2. The molecule has 3 N–H and O–H groups in total. The number of nitrogens with zero attached hydrogens (tertiary/aromatic N) is 3. The fraction of sp³-hybridized carbons (Fsp3) is 0.706. The van der Waals surface area contributed by atoms with E-state index >= 15 is 4.39 Å². The number of anilines is 1. The standard InChI is InChI=1S/C17H24F4N5O5P/c1-6(2)8-9(18)15(26-5-23-10-13(26)24-16(22)25-14(10)27)30-11(8)12(17(19,20)21)31-32(28,29)7(3)4/h5-9,11-12,15H,1-4H3,(H,28,29)(H3,22,24,25,27)/p-1. The van der Waals surface area contributed by atoms with E-state index in [2.05, 4.69) is 19.5 Å². The molecule has 2 aromatic rings. The topological polar surface area (TPSA) is 148 Å². The maximum atomic E-state index is 15.5. The summed E-state index contributed by atoms with van der Waals surface area (Å²) in [6.07, 6.45) is -12.8. The summed E-state index contributed by atoms with van der Waals surface area (Å²) in [7, 11) is -4.94. The van der Waals surface area contributed by atoms with Crippen molar-refractivity contribution < 1.29 is 36.3 Å². The Morgan fingerprint density at radius 3 is 2.50 bits per heavy atom. The van der Waals surface area contributed by atoms with E-state index in [1.54, 1.807) is 0 Å². The van der Waals surface area contributed by atoms with Gasteiger partial charge in [-0.2, -0.15) is 18.2 Å². The second kappa shape index (κ2) is 8.40. The second-order valence-corrected chi connectivity index (χ2v) is 10.6. The number of aromatic nitrogens is 4. The molecule has 0 bridgehead atoms. The quantitative estimate of drug-likeness (QED) is 0.468. The van der Waals surface area contributed by atoms with Gasteiger partial charge in [0.1, 0.15) is 13.7 Å². The van der Waals surface area contributed by atoms with Gasteiger partial charge in [0.15, 0.2) is 29.7 Å². The molecule has 0 aliphatic carbocycles. The van der Waals surface area contributed by atoms with Gasteiger partial charge in [-0.05, 0) is 5.92 Å². The molecule has 0 saturated carbocycles. The molecule has 10 nitrogen and oxygen atoms in total. The summed E-state index contributed by atoms with van der Waals surface area (Å²) in [6.45, 7) is 5.30. The Morgan fingerprint density at radius 1 is 1.34 bits per heavy atom. The number of alkyl halides is 4. The van der Waals surface area contributed by atoms with Crippen LogP contribution in [0.25, 0.3) is 11.2 Å². The van der Waals surface area contributed by atoms with E-state index < -0.39 is 61.4 Å². The lowest BCUT2D eigenvalue weighted by molar-refractivity contribution is -0.263. The average Bonchev–Trinajstić information content (AvgIpc) is 3.19. The molecule has 6 atom stereocenters. The first-order valence-electron chi connectivity index (χ1n) is 9.72. The van der Waals surface area contributed by atoms with Crippen LogP contribution in [0, 0.1) is 11.8 Å². The Bertz CT molecular complexity index is 1090. The number of imidazole rings is 1. The third kappa shape index (κ3) is 4.41. The first kappa shape index (κ1) is 24.6. The monoisotopic (exact) mass is 484 g/mol. The maximum Gasteiger partial charge on any atom is 0.417 e. The van der Waals surface area contributed by atoms with E-state index in [-0.39, 0.29) is 17.1 Å². The van der Waals surface area contributed by atoms with E-state index in [0.717, 1.165) is 10.9 Å². The summed E-state index contributed by atoms with van der Waals surface area (Å²) < 4.78 is 80.2. The van der Waals surface area contributed by atoms with Crippen LogP contribution in [-0.2, 0) is 13.8 Å². The average molecular weight is 484 g/mol. The van der Waals surface area contributed by atoms with Crippen molar-refractivity contribution in [3.8, 4) is 0 Å². The summed E-state index contributed by atoms with van der Waals surface area (Å²) in [5.74, 6) is -2.39. The van der Waals surface area contributed by atoms with Crippen molar-refractivity contribution in [1.29, 1.82) is 0 Å². The van der Waals surface area contributed by atoms with Crippen LogP contribution >= 0.6 is 7.60 Å². The predicted octanol–water partition coefficient (Wildman–Crippen LogP) is 2.12. The molecule has 1 aliphatic heterocycles. The summed E-state index contributed by atoms with van der Waals surface area (Å²) in [5, 5.41) is 0. The number of ether oxygens (including phenoxy) is 1. The van der Waals surface area contributed by atoms with Gasteiger partial charge in [0, 0.05) is 11.6 Å². The SMILES string of the molecule is CC(C)C1C(F)C(n2cnc3c(=O)[nH]c(N)nc32)OC1C(OP(=O)([O-])C(C)C)C(F)(F)F. The molecule has 3 rings (SSSR count). The van der Waals surface area contributed by atoms with Gasteiger partial charge in [0.05, 0.1) is 6.33 Å². The molecule has 1 fully saturated rings. The smallest absolute Gasteiger partial charge is 0.417 e. The fourth-order valence-corrected chi connectivity index (χ4v) is 4.45. The summed E-state index contributed by atoms with van der Waals surface area (Å²) >= 11 is 0. The summed E-state index contributed by atoms with van der Waals surface area (Å²) in [4.78, 5) is 34.0. The lowest BCUT2D eigenvalue weighted by Gasteiger charge is -2.37. The molecule has 0 radical (unpaired) electrons. The summed E-state index contributed by atoms with van der Waals surface area (Å²) in [6, 6.07) is 0. The second-order valence-electron chi connectivity index (χ2n) is 8.23. The van der Waals surface area contributed by atoms with E-state index in [1.807, 2.05) is 0 Å². The van der Waals surface area contributed by atoms with E-state index in [4.69, 9.17) is 10.5 Å². The molecular weight excluding hydrogens is 461 g/mol. The fourth-order valence-electron chi connectivity index (χ4n) is 3.65. The number of rotatable bonds is 6. The highest BCUT2D eigenvalue weighted by Crippen LogP contribution is 2.52. The molecule has 1 saturated heterocycles. The first-order chi connectivity index (χ1) is 14.6. The van der Waals surface area contributed by atoms with Crippen LogP contribution in [0.2, 0.25) is 0 Å². The molecule has 180 valence electrons. The lowest BCUT2D eigenvalue weighted by Crippen LogP contribution is -2.47. The molecule has 32 heavy (non-hydrogen) atoms. The number of H-pyrrole nitrogens is 1. The Morgan fingerprint density at radius 2 is 1.97 bits per heavy atom. The molecule has 1 aliphatic rings. The third-order valence-electron chi connectivity index (χ3n) is 5.32. The molecule has 2 aromatic heterocycles. The van der Waals surface area contributed by atoms with Crippen LogP contribution in [0.15, 0.2) is 11.1 Å². The normalized spacial score (nSPS) is 27.3. The van der Waals surface area contributed by atoms with E-state index in [1.165, 1.54) is 27.7 Å². The van der Waals surface area contributed by atoms with E-state index in [9.17, 15) is 27.4 Å². The minimum absolute atomic E-state index is 0.191. The first-order valence-corrected chi connectivity index (χ1v) is 11.3. The van der Waals surface area contributed by atoms with Gasteiger partial charge >= 0.3 is 6.18 Å². The molecule has 3 heterocycles. The van der Waals surface area contributed by atoms with Crippen molar-refractivity contribution >= 4 is 24.7 Å². The van der Waals surface area contributed by atoms with Crippen LogP contribution in [0.4, 0.5) is 23.5 Å². The molecule has 15 heteroatoms. The maximum absolute atomic E-state index is 15.5. The van der Waals surface area contributed by atoms with Gasteiger partial charge in [0.2, 0.25) is 5.95 Å². The van der Waals surface area contributed by atoms with Crippen molar-refractivity contribution in [2.45, 2.75) is 64.1 Å². The minimum atomic E-state index is -5.17. The molecule has 0 spiro atoms. The van der Waals surface area contributed by atoms with Crippen LogP contribution < -0.4 is 16.2 Å². The predicted molar refractivity (Wildman–Crippen MR) is 103 cm³/mol. The Balaban J connectivity index is 2.07. The largest absolute Gasteiger partial charge is 0.778 e. The number of nitrogens with one attached hydrogen (secondary N) is 1. The van der Waals surface area contributed by atoms with Crippen LogP contribution in [0.3, 0.4) is 0 Å². The van der Waals surface area contributed by atoms with Gasteiger partial charge in [-0.3, -0.25) is 14.3 Å². The third-order valence-corrected chi connectivity index (χ3v) is 7.11. The van der Waals surface area contributed by atoms with Crippen molar-refractivity contribution in [1.82, 2.24) is 19.5 Å². The highest BCUT2D eigenvalue weighted by molar-refractivity contribution is 7.52. The molecule has 0 amide bonds. The van der Waals surface area contributed by atoms with Crippen molar-refractivity contribution in [3.63, 3.8) is 0 Å².